The molecule has 0 saturated carbocycles. The maximum Gasteiger partial charge on any atom is 0.165 e. The summed E-state index contributed by atoms with van der Waals surface area (Å²) in [6, 6.07) is 5.36. The number of aliphatic hydroxyl groups excluding tert-OH is 1. The largest absolute Gasteiger partial charge is 0.396 e. The van der Waals surface area contributed by atoms with Crippen LogP contribution in [0.5, 0.6) is 0 Å². The fraction of sp³-hybridized carbons (Fsp3) is 0.533. The minimum absolute atomic E-state index is 0.0896. The lowest BCUT2D eigenvalue weighted by atomic mass is 9.97. The van der Waals surface area contributed by atoms with E-state index < -0.39 is 0 Å². The van der Waals surface area contributed by atoms with Gasteiger partial charge >= 0.3 is 0 Å². The van der Waals surface area contributed by atoms with Crippen LogP contribution in [0.25, 0.3) is 0 Å². The number of rotatable bonds is 5. The molecule has 1 saturated heterocycles. The Morgan fingerprint density at radius 2 is 2.10 bits per heavy atom. The van der Waals surface area contributed by atoms with Gasteiger partial charge in [0, 0.05) is 29.6 Å². The molecule has 0 spiro atoms. The molecule has 1 heterocycles. The van der Waals surface area contributed by atoms with Crippen molar-refractivity contribution in [3.63, 3.8) is 0 Å². The Bertz CT molecular complexity index is 473. The Morgan fingerprint density at radius 1 is 1.40 bits per heavy atom. The van der Waals surface area contributed by atoms with Gasteiger partial charge < -0.3 is 10.0 Å². The van der Waals surface area contributed by atoms with Gasteiger partial charge in [-0.15, -0.1) is 0 Å². The molecule has 0 amide bonds. The van der Waals surface area contributed by atoms with Crippen LogP contribution in [0.4, 0.5) is 0 Å². The molecular weight excluding hydrogens is 342 g/mol. The Hall–Kier alpha value is -0.420. The zero-order chi connectivity index (χ0) is 14.5. The Morgan fingerprint density at radius 3 is 2.70 bits per heavy atom. The molecule has 5 heteroatoms. The van der Waals surface area contributed by atoms with E-state index >= 15 is 0 Å². The summed E-state index contributed by atoms with van der Waals surface area (Å²) in [5.74, 6) is 0.523. The highest BCUT2D eigenvalue weighted by atomic mass is 79.9. The number of ketones is 1. The molecule has 0 aliphatic carbocycles. The first-order chi connectivity index (χ1) is 9.60. The van der Waals surface area contributed by atoms with Gasteiger partial charge in [-0.1, -0.05) is 27.5 Å². The van der Waals surface area contributed by atoms with Gasteiger partial charge in [0.1, 0.15) is 0 Å². The summed E-state index contributed by atoms with van der Waals surface area (Å²) in [6.45, 7) is 2.98. The smallest absolute Gasteiger partial charge is 0.165 e. The zero-order valence-electron chi connectivity index (χ0n) is 11.3. The number of nitrogens with zero attached hydrogens (tertiary/aromatic N) is 1. The lowest BCUT2D eigenvalue weighted by Crippen LogP contribution is -2.36. The van der Waals surface area contributed by atoms with E-state index in [0.717, 1.165) is 36.9 Å². The van der Waals surface area contributed by atoms with Crippen LogP contribution >= 0.6 is 27.5 Å². The van der Waals surface area contributed by atoms with E-state index in [1.807, 2.05) is 6.07 Å². The average Bonchev–Trinajstić information content (AvgIpc) is 2.45. The Balaban J connectivity index is 1.83. The molecule has 110 valence electrons. The van der Waals surface area contributed by atoms with Crippen LogP contribution < -0.4 is 0 Å². The number of carbonyl (C=O) groups excluding carboxylic acids is 1. The van der Waals surface area contributed by atoms with Gasteiger partial charge in [0.05, 0.1) is 5.02 Å². The van der Waals surface area contributed by atoms with E-state index in [9.17, 15) is 4.79 Å². The molecule has 0 aromatic heterocycles. The number of hydrogen-bond donors (Lipinski definition) is 1. The van der Waals surface area contributed by atoms with Gasteiger partial charge in [0.2, 0.25) is 0 Å². The van der Waals surface area contributed by atoms with Crippen molar-refractivity contribution < 1.29 is 9.90 Å². The summed E-state index contributed by atoms with van der Waals surface area (Å²) in [5, 5.41) is 9.61. The Labute approximate surface area is 133 Å². The molecule has 0 radical (unpaired) electrons. The number of likely N-dealkylation sites (tertiary alicyclic amines) is 1. The maximum atomic E-state index is 12.2. The number of benzene rings is 1. The van der Waals surface area contributed by atoms with Gasteiger partial charge in [0.15, 0.2) is 5.78 Å². The van der Waals surface area contributed by atoms with Gasteiger partial charge in [-0.25, -0.2) is 0 Å². The fourth-order valence-electron chi connectivity index (χ4n) is 2.50. The minimum Gasteiger partial charge on any atom is -0.396 e. The lowest BCUT2D eigenvalue weighted by Gasteiger charge is -2.30. The van der Waals surface area contributed by atoms with Gasteiger partial charge in [0.25, 0.3) is 0 Å². The van der Waals surface area contributed by atoms with Crippen LogP contribution in [-0.4, -0.2) is 42.0 Å². The molecule has 1 aromatic carbocycles. The van der Waals surface area contributed by atoms with Crippen molar-refractivity contribution >= 4 is 33.3 Å². The molecule has 0 atom stereocenters. The molecule has 1 fully saturated rings. The van der Waals surface area contributed by atoms with Gasteiger partial charge in [-0.3, -0.25) is 4.79 Å². The summed E-state index contributed by atoms with van der Waals surface area (Å²) in [4.78, 5) is 14.5. The van der Waals surface area contributed by atoms with Crippen molar-refractivity contribution in [3.05, 3.63) is 33.3 Å². The van der Waals surface area contributed by atoms with Gasteiger partial charge in [-0.05, 0) is 50.0 Å². The lowest BCUT2D eigenvalue weighted by molar-refractivity contribution is 0.0933. The fourth-order valence-corrected chi connectivity index (χ4v) is 3.28. The molecule has 1 aromatic rings. The highest BCUT2D eigenvalue weighted by Crippen LogP contribution is 2.23. The molecule has 0 unspecified atom stereocenters. The zero-order valence-corrected chi connectivity index (χ0v) is 13.7. The van der Waals surface area contributed by atoms with Crippen molar-refractivity contribution in [1.29, 1.82) is 0 Å². The standard InChI is InChI=1S/C15H19BrClNO2/c16-12-1-2-13(14(17)9-12)15(20)5-8-18-6-3-11(10-19)4-7-18/h1-2,9,11,19H,3-8,10H2. The number of piperidine rings is 1. The Kier molecular flexibility index (Phi) is 6.02. The van der Waals surface area contributed by atoms with Crippen LogP contribution in [0.15, 0.2) is 22.7 Å². The first-order valence-corrected chi connectivity index (χ1v) is 8.08. The van der Waals surface area contributed by atoms with E-state index in [4.69, 9.17) is 16.7 Å². The molecule has 3 nitrogen and oxygen atoms in total. The van der Waals surface area contributed by atoms with Crippen LogP contribution in [0, 0.1) is 5.92 Å². The van der Waals surface area contributed by atoms with Crippen LogP contribution in [0.2, 0.25) is 5.02 Å². The predicted molar refractivity (Wildman–Crippen MR) is 84.3 cm³/mol. The maximum absolute atomic E-state index is 12.2. The number of aliphatic hydroxyl groups is 1. The minimum atomic E-state index is 0.0896. The monoisotopic (exact) mass is 359 g/mol. The van der Waals surface area contributed by atoms with E-state index in [-0.39, 0.29) is 12.4 Å². The third-order valence-corrected chi connectivity index (χ3v) is 4.66. The summed E-state index contributed by atoms with van der Waals surface area (Å²) in [5.41, 5.74) is 0.597. The second kappa shape index (κ2) is 7.55. The van der Waals surface area contributed by atoms with Crippen molar-refractivity contribution in [2.75, 3.05) is 26.2 Å². The molecule has 1 aliphatic heterocycles. The third-order valence-electron chi connectivity index (χ3n) is 3.85. The average molecular weight is 361 g/mol. The summed E-state index contributed by atoms with van der Waals surface area (Å²) in [7, 11) is 0. The number of hydrogen-bond acceptors (Lipinski definition) is 3. The van der Waals surface area contributed by atoms with E-state index in [0.29, 0.717) is 22.9 Å². The van der Waals surface area contributed by atoms with Crippen molar-refractivity contribution in [2.24, 2.45) is 5.92 Å². The molecular formula is C15H19BrClNO2. The molecule has 2 rings (SSSR count). The topological polar surface area (TPSA) is 40.5 Å². The summed E-state index contributed by atoms with van der Waals surface area (Å²) >= 11 is 9.43. The van der Waals surface area contributed by atoms with Crippen LogP contribution in [-0.2, 0) is 0 Å². The first kappa shape index (κ1) is 16.0. The molecule has 0 bridgehead atoms. The highest BCUT2D eigenvalue weighted by Gasteiger charge is 2.19. The summed E-state index contributed by atoms with van der Waals surface area (Å²) in [6.07, 6.45) is 2.53. The quantitative estimate of drug-likeness (QED) is 0.818. The van der Waals surface area contributed by atoms with Crippen molar-refractivity contribution in [1.82, 2.24) is 4.90 Å². The highest BCUT2D eigenvalue weighted by molar-refractivity contribution is 9.10. The first-order valence-electron chi connectivity index (χ1n) is 6.91. The second-order valence-electron chi connectivity index (χ2n) is 5.26. The van der Waals surface area contributed by atoms with Gasteiger partial charge in [-0.2, -0.15) is 0 Å². The van der Waals surface area contributed by atoms with Crippen LogP contribution in [0.1, 0.15) is 29.6 Å². The molecule has 20 heavy (non-hydrogen) atoms. The SMILES string of the molecule is O=C(CCN1CCC(CO)CC1)c1ccc(Br)cc1Cl. The third kappa shape index (κ3) is 4.29. The second-order valence-corrected chi connectivity index (χ2v) is 6.59. The normalized spacial score (nSPS) is 17.4. The van der Waals surface area contributed by atoms with E-state index in [1.54, 1.807) is 12.1 Å². The number of Topliss-reactive ketones (excluding diaryl/α,β-unsaturated/α-hetero) is 1. The number of carbonyl (C=O) groups is 1. The van der Waals surface area contributed by atoms with E-state index in [2.05, 4.69) is 20.8 Å². The van der Waals surface area contributed by atoms with Crippen molar-refractivity contribution in [2.45, 2.75) is 19.3 Å². The summed E-state index contributed by atoms with van der Waals surface area (Å²) < 4.78 is 0.880. The van der Waals surface area contributed by atoms with E-state index in [1.165, 1.54) is 0 Å². The van der Waals surface area contributed by atoms with Crippen LogP contribution in [0.3, 0.4) is 0 Å². The molecule has 1 aliphatic rings. The molecule has 1 N–H and O–H groups in total. The predicted octanol–water partition coefficient (Wildman–Crippen LogP) is 3.38. The number of halogens is 2. The van der Waals surface area contributed by atoms with Crippen molar-refractivity contribution in [3.8, 4) is 0 Å².